The molecule has 0 spiro atoms. The smallest absolute Gasteiger partial charge is 0.357 e. The lowest BCUT2D eigenvalue weighted by Gasteiger charge is -2.31. The zero-order chi connectivity index (χ0) is 28.8. The van der Waals surface area contributed by atoms with E-state index < -0.39 is 5.97 Å². The topological polar surface area (TPSA) is 117 Å². The third kappa shape index (κ3) is 6.56. The minimum Gasteiger partial charge on any atom is -0.461 e. The average molecular weight is 546 g/mol. The van der Waals surface area contributed by atoms with Gasteiger partial charge >= 0.3 is 5.97 Å². The maximum atomic E-state index is 12.9. The molecule has 10 nitrogen and oxygen atoms in total. The van der Waals surface area contributed by atoms with Crippen LogP contribution in [0.3, 0.4) is 0 Å². The molecule has 4 rings (SSSR count). The minimum absolute atomic E-state index is 0.0949. The van der Waals surface area contributed by atoms with E-state index in [1.807, 2.05) is 64.2 Å². The van der Waals surface area contributed by atoms with Crippen LogP contribution in [0, 0.1) is 11.3 Å². The van der Waals surface area contributed by atoms with E-state index in [-0.39, 0.29) is 18.2 Å². The molecule has 1 aromatic carbocycles. The Labute approximate surface area is 236 Å². The quantitative estimate of drug-likeness (QED) is 0.263. The molecule has 0 radical (unpaired) electrons. The lowest BCUT2D eigenvalue weighted by molar-refractivity contribution is 0.0519. The summed E-state index contributed by atoms with van der Waals surface area (Å²) in [6.07, 6.45) is 5.34. The fourth-order valence-electron chi connectivity index (χ4n) is 4.61. The Morgan fingerprint density at radius 3 is 2.48 bits per heavy atom. The molecular formula is C30H39N7O3. The summed E-state index contributed by atoms with van der Waals surface area (Å²) in [6, 6.07) is 9.86. The molecule has 1 aliphatic heterocycles. The second-order valence-electron chi connectivity index (χ2n) is 10.4. The van der Waals surface area contributed by atoms with Crippen LogP contribution in [0.1, 0.15) is 49.7 Å². The van der Waals surface area contributed by atoms with E-state index in [1.165, 1.54) is 0 Å². The summed E-state index contributed by atoms with van der Waals surface area (Å²) >= 11 is 0. The number of benzene rings is 1. The standard InChI is InChI=1S/C30H39N7O3/c1-7-40-29(38)25-16-24(20-17-32-30(33-18-20)37(6)22-11-13-39-14-12-22)26(27(31)19(2)3)28(35-25)34-21-9-8-10-23(15-21)36(4)5/h8-10,15-19,22,31H,7,11-14H2,1-6H3,(H,34,35). The Hall–Kier alpha value is -4.05. The Kier molecular flexibility index (Phi) is 9.31. The fraction of sp³-hybridized carbons (Fsp3) is 0.433. The predicted molar refractivity (Wildman–Crippen MR) is 159 cm³/mol. The molecular weight excluding hydrogens is 506 g/mol. The first kappa shape index (κ1) is 28.9. The summed E-state index contributed by atoms with van der Waals surface area (Å²) in [7, 11) is 5.94. The monoisotopic (exact) mass is 545 g/mol. The van der Waals surface area contributed by atoms with Crippen molar-refractivity contribution in [1.29, 1.82) is 5.41 Å². The SMILES string of the molecule is CCOC(=O)c1cc(-c2cnc(N(C)C3CCOCC3)nc2)c(C(=N)C(C)C)c(Nc2cccc(N(C)C)c2)n1. The number of aromatic nitrogens is 3. The molecule has 212 valence electrons. The zero-order valence-corrected chi connectivity index (χ0v) is 24.2. The maximum absolute atomic E-state index is 12.9. The molecule has 0 unspecified atom stereocenters. The molecule has 2 aromatic heterocycles. The van der Waals surface area contributed by atoms with Gasteiger partial charge in [-0.3, -0.25) is 0 Å². The van der Waals surface area contributed by atoms with Crippen LogP contribution in [-0.4, -0.2) is 73.6 Å². The normalized spacial score (nSPS) is 13.7. The van der Waals surface area contributed by atoms with Gasteiger partial charge in [-0.05, 0) is 55.5 Å². The lowest BCUT2D eigenvalue weighted by atomic mass is 9.92. The number of anilines is 4. The van der Waals surface area contributed by atoms with Crippen molar-refractivity contribution in [3.63, 3.8) is 0 Å². The van der Waals surface area contributed by atoms with Gasteiger partial charge in [0.1, 0.15) is 5.82 Å². The van der Waals surface area contributed by atoms with Gasteiger partial charge in [0.05, 0.1) is 6.61 Å². The van der Waals surface area contributed by atoms with Crippen LogP contribution >= 0.6 is 0 Å². The van der Waals surface area contributed by atoms with E-state index in [0.29, 0.717) is 40.2 Å². The molecule has 0 atom stereocenters. The van der Waals surface area contributed by atoms with Crippen molar-refractivity contribution in [1.82, 2.24) is 15.0 Å². The molecule has 1 aliphatic rings. The summed E-state index contributed by atoms with van der Waals surface area (Å²) in [5.74, 6) is 0.393. The molecule has 2 N–H and O–H groups in total. The Morgan fingerprint density at radius 2 is 1.85 bits per heavy atom. The van der Waals surface area contributed by atoms with Gasteiger partial charge in [-0.1, -0.05) is 19.9 Å². The summed E-state index contributed by atoms with van der Waals surface area (Å²) in [4.78, 5) is 31.0. The van der Waals surface area contributed by atoms with Crippen molar-refractivity contribution in [3.05, 3.63) is 54.0 Å². The second-order valence-corrected chi connectivity index (χ2v) is 10.4. The van der Waals surface area contributed by atoms with Crippen molar-refractivity contribution in [2.75, 3.05) is 56.1 Å². The van der Waals surface area contributed by atoms with Crippen LogP contribution in [0.25, 0.3) is 11.1 Å². The number of carbonyl (C=O) groups is 1. The van der Waals surface area contributed by atoms with Crippen molar-refractivity contribution < 1.29 is 14.3 Å². The number of carbonyl (C=O) groups excluding carboxylic acids is 1. The highest BCUT2D eigenvalue weighted by molar-refractivity contribution is 6.10. The Morgan fingerprint density at radius 1 is 1.15 bits per heavy atom. The van der Waals surface area contributed by atoms with Crippen molar-refractivity contribution in [2.45, 2.75) is 39.7 Å². The van der Waals surface area contributed by atoms with Gasteiger partial charge in [0.2, 0.25) is 5.95 Å². The third-order valence-corrected chi connectivity index (χ3v) is 6.98. The minimum atomic E-state index is -0.534. The van der Waals surface area contributed by atoms with Crippen LogP contribution in [0.4, 0.5) is 23.1 Å². The van der Waals surface area contributed by atoms with Gasteiger partial charge in [-0.25, -0.2) is 19.7 Å². The first-order valence-electron chi connectivity index (χ1n) is 13.7. The number of nitrogens with zero attached hydrogens (tertiary/aromatic N) is 5. The van der Waals surface area contributed by atoms with Gasteiger partial charge in [0.15, 0.2) is 5.69 Å². The number of esters is 1. The first-order valence-corrected chi connectivity index (χ1v) is 13.7. The zero-order valence-electron chi connectivity index (χ0n) is 24.2. The van der Waals surface area contributed by atoms with E-state index in [9.17, 15) is 4.79 Å². The molecule has 1 saturated heterocycles. The third-order valence-electron chi connectivity index (χ3n) is 6.98. The van der Waals surface area contributed by atoms with E-state index in [0.717, 1.165) is 37.4 Å². The van der Waals surface area contributed by atoms with Crippen molar-refractivity contribution >= 4 is 34.8 Å². The summed E-state index contributed by atoms with van der Waals surface area (Å²) < 4.78 is 10.8. The molecule has 3 heterocycles. The Balaban J connectivity index is 1.82. The van der Waals surface area contributed by atoms with Crippen molar-refractivity contribution in [2.24, 2.45) is 5.92 Å². The van der Waals surface area contributed by atoms with Crippen LogP contribution < -0.4 is 15.1 Å². The number of nitrogens with one attached hydrogen (secondary N) is 2. The highest BCUT2D eigenvalue weighted by atomic mass is 16.5. The number of hydrogen-bond donors (Lipinski definition) is 2. The van der Waals surface area contributed by atoms with Gasteiger partial charge < -0.3 is 30.0 Å². The van der Waals surface area contributed by atoms with Gasteiger partial charge in [0, 0.05) is 81.0 Å². The largest absolute Gasteiger partial charge is 0.461 e. The van der Waals surface area contributed by atoms with E-state index in [4.69, 9.17) is 14.9 Å². The number of hydrogen-bond acceptors (Lipinski definition) is 10. The van der Waals surface area contributed by atoms with Gasteiger partial charge in [-0.15, -0.1) is 0 Å². The lowest BCUT2D eigenvalue weighted by Crippen LogP contribution is -2.37. The maximum Gasteiger partial charge on any atom is 0.357 e. The highest BCUT2D eigenvalue weighted by Gasteiger charge is 2.25. The van der Waals surface area contributed by atoms with Gasteiger partial charge in [-0.2, -0.15) is 0 Å². The number of rotatable bonds is 10. The fourth-order valence-corrected chi connectivity index (χ4v) is 4.61. The number of ether oxygens (including phenoxy) is 2. The molecule has 0 saturated carbocycles. The highest BCUT2D eigenvalue weighted by Crippen LogP contribution is 2.34. The van der Waals surface area contributed by atoms with Crippen LogP contribution in [0.5, 0.6) is 0 Å². The predicted octanol–water partition coefficient (Wildman–Crippen LogP) is 5.16. The van der Waals surface area contributed by atoms with Crippen LogP contribution in [-0.2, 0) is 9.47 Å². The molecule has 3 aromatic rings. The summed E-state index contributed by atoms with van der Waals surface area (Å²) in [5.41, 5.74) is 4.23. The first-order chi connectivity index (χ1) is 19.2. The molecule has 0 bridgehead atoms. The molecule has 1 fully saturated rings. The molecule has 40 heavy (non-hydrogen) atoms. The number of pyridine rings is 1. The van der Waals surface area contributed by atoms with Crippen LogP contribution in [0.15, 0.2) is 42.7 Å². The Bertz CT molecular complexity index is 1340. The average Bonchev–Trinajstić information content (AvgIpc) is 2.96. The molecule has 0 amide bonds. The van der Waals surface area contributed by atoms with Gasteiger partial charge in [0.25, 0.3) is 0 Å². The van der Waals surface area contributed by atoms with E-state index in [1.54, 1.807) is 25.4 Å². The molecule has 10 heteroatoms. The van der Waals surface area contributed by atoms with Crippen LogP contribution in [0.2, 0.25) is 0 Å². The summed E-state index contributed by atoms with van der Waals surface area (Å²) in [5, 5.41) is 12.4. The molecule has 0 aliphatic carbocycles. The van der Waals surface area contributed by atoms with Crippen molar-refractivity contribution in [3.8, 4) is 11.1 Å². The second kappa shape index (κ2) is 12.9. The van der Waals surface area contributed by atoms with E-state index in [2.05, 4.69) is 25.2 Å². The summed E-state index contributed by atoms with van der Waals surface area (Å²) in [6.45, 7) is 7.37. The van der Waals surface area contributed by atoms with E-state index >= 15 is 0 Å².